The molecule has 5 nitrogen and oxygen atoms in total. The molecule has 1 heterocycles. The maximum atomic E-state index is 11.7. The van der Waals surface area contributed by atoms with Crippen LogP contribution in [-0.2, 0) is 12.0 Å². The zero-order valence-corrected chi connectivity index (χ0v) is 18.6. The number of piperidine rings is 1. The minimum atomic E-state index is -1.07. The molecule has 0 amide bonds. The number of benzene rings is 2. The van der Waals surface area contributed by atoms with Gasteiger partial charge in [0.15, 0.2) is 5.96 Å². The first kappa shape index (κ1) is 23.0. The predicted octanol–water partition coefficient (Wildman–Crippen LogP) is 3.32. The van der Waals surface area contributed by atoms with Crippen molar-refractivity contribution in [3.8, 4) is 0 Å². The highest BCUT2D eigenvalue weighted by atomic mass is 16.3. The fraction of sp³-hybridized carbons (Fsp3) is 0.423. The van der Waals surface area contributed by atoms with Gasteiger partial charge >= 0.3 is 0 Å². The molecule has 1 aliphatic heterocycles. The molecule has 1 atom stereocenters. The van der Waals surface area contributed by atoms with Crippen molar-refractivity contribution in [3.63, 3.8) is 0 Å². The van der Waals surface area contributed by atoms with Crippen LogP contribution in [0.4, 0.5) is 0 Å². The number of guanidine groups is 1. The van der Waals surface area contributed by atoms with E-state index in [4.69, 9.17) is 4.99 Å². The zero-order chi connectivity index (χ0) is 21.9. The summed E-state index contributed by atoms with van der Waals surface area (Å²) in [5.41, 5.74) is 0.908. The Labute approximate surface area is 186 Å². The number of rotatable bonds is 9. The number of nitrogens with one attached hydrogen (secondary N) is 2. The summed E-state index contributed by atoms with van der Waals surface area (Å²) in [7, 11) is 0. The number of hydrogen-bond acceptors (Lipinski definition) is 3. The van der Waals surface area contributed by atoms with E-state index in [0.29, 0.717) is 12.5 Å². The van der Waals surface area contributed by atoms with Crippen molar-refractivity contribution in [2.75, 3.05) is 32.7 Å². The van der Waals surface area contributed by atoms with Gasteiger partial charge in [-0.1, -0.05) is 66.7 Å². The van der Waals surface area contributed by atoms with Crippen molar-refractivity contribution in [2.24, 2.45) is 4.99 Å². The smallest absolute Gasteiger partial charge is 0.191 e. The molecule has 0 aromatic heterocycles. The molecule has 0 bridgehead atoms. The third-order valence-corrected chi connectivity index (χ3v) is 5.81. The van der Waals surface area contributed by atoms with Crippen LogP contribution < -0.4 is 10.6 Å². The highest BCUT2D eigenvalue weighted by Crippen LogP contribution is 2.26. The lowest BCUT2D eigenvalue weighted by Gasteiger charge is -2.33. The molecule has 3 N–H and O–H groups in total. The normalized spacial score (nSPS) is 17.7. The van der Waals surface area contributed by atoms with Crippen molar-refractivity contribution in [1.29, 1.82) is 0 Å². The monoisotopic (exact) mass is 420 g/mol. The minimum Gasteiger partial charge on any atom is -0.383 e. The Morgan fingerprint density at radius 1 is 1.13 bits per heavy atom. The van der Waals surface area contributed by atoms with Crippen LogP contribution in [0.15, 0.2) is 78.3 Å². The van der Waals surface area contributed by atoms with Crippen LogP contribution in [-0.4, -0.2) is 54.7 Å². The van der Waals surface area contributed by atoms with E-state index in [1.54, 1.807) is 0 Å². The first-order valence-electron chi connectivity index (χ1n) is 11.3. The largest absolute Gasteiger partial charge is 0.383 e. The van der Waals surface area contributed by atoms with E-state index >= 15 is 0 Å². The first-order valence-corrected chi connectivity index (χ1v) is 11.3. The predicted molar refractivity (Wildman–Crippen MR) is 129 cm³/mol. The Bertz CT molecular complexity index is 816. The van der Waals surface area contributed by atoms with Gasteiger partial charge in [-0.25, -0.2) is 4.99 Å². The van der Waals surface area contributed by atoms with Crippen LogP contribution >= 0.6 is 0 Å². The molecule has 2 aromatic rings. The molecule has 31 heavy (non-hydrogen) atoms. The lowest BCUT2D eigenvalue weighted by atomic mass is 9.87. The van der Waals surface area contributed by atoms with Gasteiger partial charge in [0, 0.05) is 38.6 Å². The standard InChI is InChI=1S/C26H36N4O/c1-3-17-30-18-15-24(16-19-30)29-25(27-4-2)28-21-26(31,23-13-9-6-10-14-23)20-22-11-7-5-8-12-22/h3,5-14,24,31H,1,4,15-21H2,2H3,(H2,27,28,29). The van der Waals surface area contributed by atoms with Crippen molar-refractivity contribution in [1.82, 2.24) is 15.5 Å². The molecule has 5 heteroatoms. The number of aliphatic imine (C=N–C) groups is 1. The van der Waals surface area contributed by atoms with Gasteiger partial charge in [-0.15, -0.1) is 6.58 Å². The van der Waals surface area contributed by atoms with Crippen LogP contribution in [0.2, 0.25) is 0 Å². The molecule has 3 rings (SSSR count). The summed E-state index contributed by atoms with van der Waals surface area (Å²) < 4.78 is 0. The molecular weight excluding hydrogens is 384 g/mol. The van der Waals surface area contributed by atoms with Crippen LogP contribution in [0.5, 0.6) is 0 Å². The third kappa shape index (κ3) is 6.94. The Balaban J connectivity index is 1.72. The first-order chi connectivity index (χ1) is 15.1. The fourth-order valence-corrected chi connectivity index (χ4v) is 4.10. The second-order valence-electron chi connectivity index (χ2n) is 8.26. The van der Waals surface area contributed by atoms with Gasteiger partial charge in [-0.05, 0) is 30.9 Å². The van der Waals surface area contributed by atoms with Crippen LogP contribution in [0.25, 0.3) is 0 Å². The Kier molecular flexibility index (Phi) is 8.68. The topological polar surface area (TPSA) is 59.9 Å². The SMILES string of the molecule is C=CCN1CCC(NC(=NCC(O)(Cc2ccccc2)c2ccccc2)NCC)CC1. The number of likely N-dealkylation sites (tertiary alicyclic amines) is 1. The molecule has 0 saturated carbocycles. The van der Waals surface area contributed by atoms with Crippen molar-refractivity contribution in [3.05, 3.63) is 84.4 Å². The van der Waals surface area contributed by atoms with Crippen LogP contribution in [0, 0.1) is 0 Å². The molecule has 1 aliphatic rings. The number of hydrogen-bond donors (Lipinski definition) is 3. The summed E-state index contributed by atoms with van der Waals surface area (Å²) in [5.74, 6) is 0.770. The van der Waals surface area contributed by atoms with Crippen molar-refractivity contribution >= 4 is 5.96 Å². The van der Waals surface area contributed by atoms with E-state index in [1.807, 2.05) is 54.6 Å². The molecule has 166 valence electrons. The van der Waals surface area contributed by atoms with Gasteiger partial charge in [-0.3, -0.25) is 4.90 Å². The van der Waals surface area contributed by atoms with E-state index in [1.165, 1.54) is 0 Å². The van der Waals surface area contributed by atoms with Crippen LogP contribution in [0.1, 0.15) is 30.9 Å². The molecule has 1 unspecified atom stereocenters. The molecule has 1 fully saturated rings. The van der Waals surface area contributed by atoms with Gasteiger partial charge in [0.05, 0.1) is 6.54 Å². The molecule has 0 radical (unpaired) electrons. The minimum absolute atomic E-state index is 0.288. The highest BCUT2D eigenvalue weighted by Gasteiger charge is 2.30. The van der Waals surface area contributed by atoms with E-state index in [0.717, 1.165) is 56.1 Å². The summed E-state index contributed by atoms with van der Waals surface area (Å²) in [6.07, 6.45) is 4.63. The Morgan fingerprint density at radius 3 is 2.39 bits per heavy atom. The average Bonchev–Trinajstić information content (AvgIpc) is 2.80. The summed E-state index contributed by atoms with van der Waals surface area (Å²) in [6, 6.07) is 20.4. The maximum absolute atomic E-state index is 11.7. The molecule has 0 spiro atoms. The number of aliphatic hydroxyl groups is 1. The second-order valence-corrected chi connectivity index (χ2v) is 8.26. The summed E-state index contributed by atoms with van der Waals surface area (Å²) in [5, 5.41) is 18.6. The van der Waals surface area contributed by atoms with Crippen molar-refractivity contribution in [2.45, 2.75) is 37.8 Å². The van der Waals surface area contributed by atoms with Gasteiger partial charge in [0.1, 0.15) is 5.60 Å². The fourth-order valence-electron chi connectivity index (χ4n) is 4.10. The molecule has 0 aliphatic carbocycles. The van der Waals surface area contributed by atoms with Gasteiger partial charge in [0.2, 0.25) is 0 Å². The summed E-state index contributed by atoms with van der Waals surface area (Å²) in [4.78, 5) is 7.24. The second kappa shape index (κ2) is 11.7. The summed E-state index contributed by atoms with van der Waals surface area (Å²) in [6.45, 7) is 10.0. The maximum Gasteiger partial charge on any atom is 0.191 e. The Morgan fingerprint density at radius 2 is 1.77 bits per heavy atom. The van der Waals surface area contributed by atoms with E-state index in [2.05, 4.69) is 41.2 Å². The average molecular weight is 421 g/mol. The van der Waals surface area contributed by atoms with Gasteiger partial charge in [-0.2, -0.15) is 0 Å². The lowest BCUT2D eigenvalue weighted by Crippen LogP contribution is -2.49. The zero-order valence-electron chi connectivity index (χ0n) is 18.6. The van der Waals surface area contributed by atoms with E-state index in [9.17, 15) is 5.11 Å². The third-order valence-electron chi connectivity index (χ3n) is 5.81. The van der Waals surface area contributed by atoms with Crippen LogP contribution in [0.3, 0.4) is 0 Å². The summed E-state index contributed by atoms with van der Waals surface area (Å²) >= 11 is 0. The quantitative estimate of drug-likeness (QED) is 0.331. The van der Waals surface area contributed by atoms with Crippen molar-refractivity contribution < 1.29 is 5.11 Å². The molecule has 1 saturated heterocycles. The van der Waals surface area contributed by atoms with Gasteiger partial charge in [0.25, 0.3) is 0 Å². The van der Waals surface area contributed by atoms with E-state index in [-0.39, 0.29) is 6.54 Å². The van der Waals surface area contributed by atoms with E-state index < -0.39 is 5.60 Å². The Hall–Kier alpha value is -2.63. The van der Waals surface area contributed by atoms with Gasteiger partial charge < -0.3 is 15.7 Å². The molecule has 2 aromatic carbocycles. The number of nitrogens with zero attached hydrogens (tertiary/aromatic N) is 2. The molecular formula is C26H36N4O. The lowest BCUT2D eigenvalue weighted by molar-refractivity contribution is 0.0466. The highest BCUT2D eigenvalue weighted by molar-refractivity contribution is 5.80.